The van der Waals surface area contributed by atoms with E-state index in [1.54, 1.807) is 12.1 Å². The molecule has 1 heterocycles. The van der Waals surface area contributed by atoms with Gasteiger partial charge in [0, 0.05) is 12.1 Å². The minimum atomic E-state index is -0.583. The molecule has 0 spiro atoms. The highest BCUT2D eigenvalue weighted by atomic mass is 16.5. The highest BCUT2D eigenvalue weighted by Gasteiger charge is 1.90. The number of ether oxygens (including phenoxy) is 1. The van der Waals surface area contributed by atoms with E-state index in [9.17, 15) is 4.79 Å². The lowest BCUT2D eigenvalue weighted by molar-refractivity contribution is -0.133. The van der Waals surface area contributed by atoms with Gasteiger partial charge in [0.05, 0.1) is 7.11 Å². The number of esters is 1. The highest BCUT2D eigenvalue weighted by molar-refractivity contribution is 5.88. The molecule has 0 saturated carbocycles. The predicted octanol–water partition coefficient (Wildman–Crippen LogP) is 0.00110. The van der Waals surface area contributed by atoms with Crippen LogP contribution in [-0.2, 0) is 9.53 Å². The van der Waals surface area contributed by atoms with Crippen molar-refractivity contribution < 1.29 is 9.53 Å². The molecule has 1 aromatic heterocycles. The third kappa shape index (κ3) is 2.39. The maximum atomic E-state index is 10.5. The number of hydrogen-bond donors (Lipinski definition) is 0. The van der Waals surface area contributed by atoms with Gasteiger partial charge in [-0.2, -0.15) is 5.10 Å². The van der Waals surface area contributed by atoms with Crippen LogP contribution >= 0.6 is 0 Å². The molecule has 1 rings (SSSR count). The fraction of sp³-hybridized carbons (Fsp3) is 0.125. The summed E-state index contributed by atoms with van der Waals surface area (Å²) in [6.45, 7) is 0. The van der Waals surface area contributed by atoms with Crippen molar-refractivity contribution in [3.8, 4) is 11.8 Å². The smallest absolute Gasteiger partial charge is 0.384 e. The molecule has 0 aromatic carbocycles. The van der Waals surface area contributed by atoms with Crippen LogP contribution in [0.1, 0.15) is 5.69 Å². The summed E-state index contributed by atoms with van der Waals surface area (Å²) in [5, 5.41) is 7.24. The monoisotopic (exact) mass is 162 g/mol. The first-order valence-corrected chi connectivity index (χ1v) is 3.20. The van der Waals surface area contributed by atoms with Crippen molar-refractivity contribution in [3.63, 3.8) is 0 Å². The fourth-order valence-electron chi connectivity index (χ4n) is 0.534. The molecule has 60 valence electrons. The fourth-order valence-corrected chi connectivity index (χ4v) is 0.534. The van der Waals surface area contributed by atoms with E-state index in [1.165, 1.54) is 13.3 Å². The molecule has 12 heavy (non-hydrogen) atoms. The third-order valence-corrected chi connectivity index (χ3v) is 1.05. The maximum absolute atomic E-state index is 10.5. The predicted molar refractivity (Wildman–Crippen MR) is 40.9 cm³/mol. The van der Waals surface area contributed by atoms with Gasteiger partial charge in [0.15, 0.2) is 0 Å². The van der Waals surface area contributed by atoms with Gasteiger partial charge in [0.1, 0.15) is 5.69 Å². The maximum Gasteiger partial charge on any atom is 0.384 e. The molecule has 0 saturated heterocycles. The molecule has 0 aliphatic carbocycles. The number of carbonyl (C=O) groups is 1. The van der Waals surface area contributed by atoms with Gasteiger partial charge >= 0.3 is 5.97 Å². The second-order valence-electron chi connectivity index (χ2n) is 1.85. The number of nitrogens with zero attached hydrogens (tertiary/aromatic N) is 2. The first-order valence-electron chi connectivity index (χ1n) is 3.20. The van der Waals surface area contributed by atoms with Crippen LogP contribution in [0.15, 0.2) is 18.3 Å². The van der Waals surface area contributed by atoms with Crippen molar-refractivity contribution in [3.05, 3.63) is 24.0 Å². The van der Waals surface area contributed by atoms with Crippen molar-refractivity contribution in [1.29, 1.82) is 0 Å². The number of rotatable bonds is 0. The molecule has 0 radical (unpaired) electrons. The lowest BCUT2D eigenvalue weighted by Crippen LogP contribution is -1.95. The van der Waals surface area contributed by atoms with E-state index in [4.69, 9.17) is 0 Å². The average molecular weight is 162 g/mol. The van der Waals surface area contributed by atoms with E-state index in [-0.39, 0.29) is 0 Å². The van der Waals surface area contributed by atoms with Crippen LogP contribution < -0.4 is 0 Å². The Labute approximate surface area is 69.6 Å². The van der Waals surface area contributed by atoms with Crippen LogP contribution in [0.5, 0.6) is 0 Å². The van der Waals surface area contributed by atoms with Crippen LogP contribution in [0, 0.1) is 11.8 Å². The van der Waals surface area contributed by atoms with E-state index in [2.05, 4.69) is 26.8 Å². The Morgan fingerprint density at radius 1 is 1.67 bits per heavy atom. The van der Waals surface area contributed by atoms with Gasteiger partial charge in [-0.25, -0.2) is 4.79 Å². The molecule has 0 bridgehead atoms. The molecule has 0 aliphatic rings. The van der Waals surface area contributed by atoms with Crippen LogP contribution in [0.3, 0.4) is 0 Å². The standard InChI is InChI=1S/C8H6N2O2/c1-12-8(11)5-4-7-3-2-6-9-10-7/h2-3,6H,1H3. The van der Waals surface area contributed by atoms with Crippen molar-refractivity contribution in [2.75, 3.05) is 7.11 Å². The summed E-state index contributed by atoms with van der Waals surface area (Å²) in [7, 11) is 1.27. The summed E-state index contributed by atoms with van der Waals surface area (Å²) in [5.41, 5.74) is 0.447. The average Bonchev–Trinajstić information content (AvgIpc) is 2.16. The summed E-state index contributed by atoms with van der Waals surface area (Å²) in [6.07, 6.45) is 1.53. The Bertz CT molecular complexity index is 324. The summed E-state index contributed by atoms with van der Waals surface area (Å²) >= 11 is 0. The molecule has 4 heteroatoms. The Morgan fingerprint density at radius 2 is 2.50 bits per heavy atom. The molecule has 0 fully saturated rings. The number of hydrogen-bond acceptors (Lipinski definition) is 4. The van der Waals surface area contributed by atoms with E-state index >= 15 is 0 Å². The van der Waals surface area contributed by atoms with Crippen LogP contribution in [-0.4, -0.2) is 23.3 Å². The van der Waals surface area contributed by atoms with Gasteiger partial charge < -0.3 is 4.74 Å². The number of methoxy groups -OCH3 is 1. The molecule has 0 amide bonds. The Morgan fingerprint density at radius 3 is 3.08 bits per heavy atom. The summed E-state index contributed by atoms with van der Waals surface area (Å²) in [5.74, 6) is 4.15. The number of aromatic nitrogens is 2. The zero-order valence-electron chi connectivity index (χ0n) is 6.44. The number of carbonyl (C=O) groups excluding carboxylic acids is 1. The summed E-state index contributed by atoms with van der Waals surface area (Å²) in [6, 6.07) is 3.34. The lowest BCUT2D eigenvalue weighted by atomic mass is 10.4. The van der Waals surface area contributed by atoms with E-state index in [0.717, 1.165) is 0 Å². The first kappa shape index (κ1) is 8.21. The normalized spacial score (nSPS) is 8.08. The van der Waals surface area contributed by atoms with Crippen LogP contribution in [0.2, 0.25) is 0 Å². The SMILES string of the molecule is COC(=O)C#Cc1cccnn1. The van der Waals surface area contributed by atoms with Crippen molar-refractivity contribution in [2.24, 2.45) is 0 Å². The highest BCUT2D eigenvalue weighted by Crippen LogP contribution is 1.85. The zero-order valence-corrected chi connectivity index (χ0v) is 6.44. The Kier molecular flexibility index (Phi) is 2.79. The van der Waals surface area contributed by atoms with Gasteiger partial charge in [-0.05, 0) is 18.1 Å². The van der Waals surface area contributed by atoms with E-state index in [0.29, 0.717) is 5.69 Å². The molecular formula is C8H6N2O2. The van der Waals surface area contributed by atoms with Gasteiger partial charge in [0.2, 0.25) is 0 Å². The Hall–Kier alpha value is -1.89. The van der Waals surface area contributed by atoms with Gasteiger partial charge in [-0.1, -0.05) is 0 Å². The lowest BCUT2D eigenvalue weighted by Gasteiger charge is -1.85. The molecule has 0 atom stereocenters. The second-order valence-corrected chi connectivity index (χ2v) is 1.85. The van der Waals surface area contributed by atoms with Gasteiger partial charge in [-0.15, -0.1) is 5.10 Å². The second kappa shape index (κ2) is 4.09. The van der Waals surface area contributed by atoms with Crippen molar-refractivity contribution >= 4 is 5.97 Å². The summed E-state index contributed by atoms with van der Waals surface area (Å²) in [4.78, 5) is 10.5. The molecular weight excluding hydrogens is 156 g/mol. The molecule has 0 unspecified atom stereocenters. The quantitative estimate of drug-likeness (QED) is 0.398. The molecule has 1 aromatic rings. The van der Waals surface area contributed by atoms with Gasteiger partial charge in [-0.3, -0.25) is 0 Å². The molecule has 0 aliphatic heterocycles. The third-order valence-electron chi connectivity index (χ3n) is 1.05. The largest absolute Gasteiger partial charge is 0.459 e. The van der Waals surface area contributed by atoms with Crippen molar-refractivity contribution in [1.82, 2.24) is 10.2 Å². The topological polar surface area (TPSA) is 52.1 Å². The minimum absolute atomic E-state index is 0.447. The van der Waals surface area contributed by atoms with E-state index < -0.39 is 5.97 Å². The van der Waals surface area contributed by atoms with Crippen LogP contribution in [0.25, 0.3) is 0 Å². The van der Waals surface area contributed by atoms with Gasteiger partial charge in [0.25, 0.3) is 0 Å². The first-order chi connectivity index (χ1) is 5.83. The van der Waals surface area contributed by atoms with E-state index in [1.807, 2.05) is 0 Å². The minimum Gasteiger partial charge on any atom is -0.459 e. The molecule has 0 N–H and O–H groups in total. The molecule has 4 nitrogen and oxygen atoms in total. The van der Waals surface area contributed by atoms with Crippen molar-refractivity contribution in [2.45, 2.75) is 0 Å². The summed E-state index contributed by atoms with van der Waals surface area (Å²) < 4.78 is 4.31. The zero-order chi connectivity index (χ0) is 8.81. The Balaban J connectivity index is 2.74. The van der Waals surface area contributed by atoms with Crippen LogP contribution in [0.4, 0.5) is 0 Å².